The van der Waals surface area contributed by atoms with Crippen LogP contribution in [-0.4, -0.2) is 41.4 Å². The van der Waals surface area contributed by atoms with Gasteiger partial charge in [0, 0.05) is 12.3 Å². The lowest BCUT2D eigenvalue weighted by atomic mass is 10.1. The summed E-state index contributed by atoms with van der Waals surface area (Å²) >= 11 is 0. The summed E-state index contributed by atoms with van der Waals surface area (Å²) < 4.78 is 7.03. The Morgan fingerprint density at radius 2 is 1.35 bits per heavy atom. The third-order valence-electron chi connectivity index (χ3n) is 7.54. The highest BCUT2D eigenvalue weighted by molar-refractivity contribution is 7.83. The van der Waals surface area contributed by atoms with Crippen LogP contribution in [-0.2, 0) is 4.43 Å². The van der Waals surface area contributed by atoms with E-state index in [0.717, 1.165) is 13.0 Å². The zero-order valence-electron chi connectivity index (χ0n) is 15.3. The van der Waals surface area contributed by atoms with Crippen LogP contribution >= 0.6 is 0 Å². The molecule has 0 aromatic rings. The van der Waals surface area contributed by atoms with E-state index in [0.29, 0.717) is 0 Å². The molecule has 1 saturated heterocycles. The predicted molar refractivity (Wildman–Crippen MR) is 102 cm³/mol. The third kappa shape index (κ3) is 2.50. The maximum Gasteiger partial charge on any atom is 0.171 e. The molecule has 0 aromatic carbocycles. The first-order chi connectivity index (χ1) is 8.77. The Morgan fingerprint density at radius 1 is 0.850 bits per heavy atom. The zero-order valence-corrected chi connectivity index (χ0v) is 19.3. The van der Waals surface area contributed by atoms with E-state index in [1.54, 1.807) is 0 Å². The third-order valence-corrected chi connectivity index (χ3v) is 75.2. The van der Waals surface area contributed by atoms with Crippen LogP contribution in [0.5, 0.6) is 0 Å². The number of hydrogen-bond acceptors (Lipinski definition) is 2. The van der Waals surface area contributed by atoms with Gasteiger partial charge in [-0.3, -0.25) is 0 Å². The molecule has 1 aliphatic rings. The van der Waals surface area contributed by atoms with E-state index in [-0.39, 0.29) is 5.22 Å². The van der Waals surface area contributed by atoms with Gasteiger partial charge < -0.3 is 10.2 Å². The van der Waals surface area contributed by atoms with Crippen molar-refractivity contribution in [2.45, 2.75) is 83.8 Å². The first kappa shape index (κ1) is 18.8. The van der Waals surface area contributed by atoms with Gasteiger partial charge in [-0.2, -0.15) is 0 Å². The van der Waals surface area contributed by atoms with Gasteiger partial charge in [0.1, 0.15) is 0 Å². The average molecular weight is 348 g/mol. The first-order valence-electron chi connectivity index (χ1n) is 8.17. The smallest absolute Gasteiger partial charge is 0.171 e. The fourth-order valence-corrected chi connectivity index (χ4v) is 75.2. The lowest BCUT2D eigenvalue weighted by Gasteiger charge is -2.66. The molecule has 0 aliphatic carbocycles. The Hall–Kier alpha value is 0.788. The molecule has 1 fully saturated rings. The second-order valence-electron chi connectivity index (χ2n) is 8.96. The Balaban J connectivity index is 3.22. The van der Waals surface area contributed by atoms with Gasteiger partial charge in [-0.15, -0.1) is 0 Å². The molecule has 0 amide bonds. The van der Waals surface area contributed by atoms with Crippen molar-refractivity contribution < 1.29 is 4.43 Å². The van der Waals surface area contributed by atoms with Crippen LogP contribution in [0.15, 0.2) is 0 Å². The van der Waals surface area contributed by atoms with E-state index in [2.05, 4.69) is 59.3 Å². The van der Waals surface area contributed by atoms with Crippen LogP contribution < -0.4 is 5.73 Å². The van der Waals surface area contributed by atoms with Crippen molar-refractivity contribution in [2.24, 2.45) is 5.73 Å². The molecule has 120 valence electrons. The summed E-state index contributed by atoms with van der Waals surface area (Å²) in [5.41, 5.74) is 5.70. The van der Waals surface area contributed by atoms with E-state index in [1.165, 1.54) is 12.8 Å². The van der Waals surface area contributed by atoms with Crippen LogP contribution in [0.1, 0.15) is 26.2 Å². The molecule has 0 aromatic heterocycles. The highest BCUT2D eigenvalue weighted by Gasteiger charge is 2.70. The largest absolute Gasteiger partial charge is 0.418 e. The molecule has 0 spiro atoms. The SMILES string of the molecule is CC1(CCCCN)O[Si](C)(C)[Si](C)(C)[Si](C)(C)[Si]1(C)C. The molecule has 0 saturated carbocycles. The topological polar surface area (TPSA) is 35.2 Å². The Kier molecular flexibility index (Phi) is 5.14. The highest BCUT2D eigenvalue weighted by Crippen LogP contribution is 2.49. The zero-order chi connectivity index (χ0) is 16.0. The van der Waals surface area contributed by atoms with Gasteiger partial charge in [0.25, 0.3) is 0 Å². The number of nitrogens with two attached hydrogens (primary N) is 1. The molecule has 1 atom stereocenters. The summed E-state index contributed by atoms with van der Waals surface area (Å²) in [5.74, 6) is 0. The fraction of sp³-hybridized carbons (Fsp3) is 1.00. The molecular weight excluding hydrogens is 311 g/mol. The Labute approximate surface area is 130 Å². The van der Waals surface area contributed by atoms with E-state index in [4.69, 9.17) is 10.2 Å². The molecule has 1 aliphatic heterocycles. The van der Waals surface area contributed by atoms with Crippen LogP contribution in [0.25, 0.3) is 0 Å². The molecule has 6 heteroatoms. The Bertz CT molecular complexity index is 368. The second kappa shape index (κ2) is 5.45. The van der Waals surface area contributed by atoms with E-state index in [9.17, 15) is 0 Å². The lowest BCUT2D eigenvalue weighted by molar-refractivity contribution is 0.147. The number of unbranched alkanes of at least 4 members (excludes halogenated alkanes) is 1. The summed E-state index contributed by atoms with van der Waals surface area (Å²) in [5, 5.41) is 0.191. The molecule has 0 radical (unpaired) electrons. The van der Waals surface area contributed by atoms with Gasteiger partial charge in [-0.25, -0.2) is 0 Å². The summed E-state index contributed by atoms with van der Waals surface area (Å²) in [6.07, 6.45) is 3.62. The van der Waals surface area contributed by atoms with Crippen LogP contribution in [0.3, 0.4) is 0 Å². The lowest BCUT2D eigenvalue weighted by Crippen LogP contribution is -2.90. The van der Waals surface area contributed by atoms with Crippen LogP contribution in [0, 0.1) is 0 Å². The summed E-state index contributed by atoms with van der Waals surface area (Å²) in [4.78, 5) is 0. The van der Waals surface area contributed by atoms with Gasteiger partial charge in [0.15, 0.2) is 7.83 Å². The highest BCUT2D eigenvalue weighted by atomic mass is 29.8. The van der Waals surface area contributed by atoms with Gasteiger partial charge >= 0.3 is 0 Å². The second-order valence-corrected chi connectivity index (χ2v) is 48.4. The summed E-state index contributed by atoms with van der Waals surface area (Å²) in [6, 6.07) is 0. The van der Waals surface area contributed by atoms with E-state index < -0.39 is 29.6 Å². The monoisotopic (exact) mass is 347 g/mol. The van der Waals surface area contributed by atoms with Crippen molar-refractivity contribution in [1.29, 1.82) is 0 Å². The van der Waals surface area contributed by atoms with Crippen molar-refractivity contribution in [3.05, 3.63) is 0 Å². The van der Waals surface area contributed by atoms with E-state index >= 15 is 0 Å². The number of rotatable bonds is 4. The maximum atomic E-state index is 7.03. The first-order valence-corrected chi connectivity index (χ1v) is 23.1. The van der Waals surface area contributed by atoms with Gasteiger partial charge in [-0.1, -0.05) is 39.3 Å². The predicted octanol–water partition coefficient (Wildman–Crippen LogP) is 4.01. The minimum Gasteiger partial charge on any atom is -0.418 e. The van der Waals surface area contributed by atoms with Crippen molar-refractivity contribution in [3.8, 4) is 0 Å². The van der Waals surface area contributed by atoms with Crippen LogP contribution in [0.2, 0.25) is 52.4 Å². The summed E-state index contributed by atoms with van der Waals surface area (Å²) in [7, 11) is -5.33. The molecule has 2 nitrogen and oxygen atoms in total. The molecule has 2 N–H and O–H groups in total. The van der Waals surface area contributed by atoms with Gasteiger partial charge in [0.2, 0.25) is 0 Å². The fourth-order valence-electron chi connectivity index (χ4n) is 3.98. The number of hydrogen-bond donors (Lipinski definition) is 1. The van der Waals surface area contributed by atoms with Crippen molar-refractivity contribution in [2.75, 3.05) is 6.54 Å². The normalized spacial score (nSPS) is 33.9. The molecule has 0 bridgehead atoms. The van der Waals surface area contributed by atoms with Crippen molar-refractivity contribution in [1.82, 2.24) is 0 Å². The molecule has 20 heavy (non-hydrogen) atoms. The average Bonchev–Trinajstić information content (AvgIpc) is 2.26. The maximum absolute atomic E-state index is 7.03. The Morgan fingerprint density at radius 3 is 1.80 bits per heavy atom. The molecule has 1 rings (SSSR count). The standard InChI is InChI=1S/C14H37NOSi4/c1-14(12-10-11-13-15)16-18(4,5)20(8,9)19(6,7)17(14,2)3/h10-13,15H2,1-9H3. The quantitative estimate of drug-likeness (QED) is 0.616. The molecular formula is C14H37NOSi4. The summed E-state index contributed by atoms with van der Waals surface area (Å²) in [6.45, 7) is 24.3. The van der Waals surface area contributed by atoms with Gasteiger partial charge in [-0.05, 0) is 45.8 Å². The molecule has 1 unspecified atom stereocenters. The van der Waals surface area contributed by atoms with Crippen molar-refractivity contribution >= 4 is 29.6 Å². The molecule has 1 heterocycles. The minimum atomic E-state index is -1.53. The van der Waals surface area contributed by atoms with Crippen LogP contribution in [0.4, 0.5) is 0 Å². The minimum absolute atomic E-state index is 0.191. The van der Waals surface area contributed by atoms with E-state index in [1.807, 2.05) is 0 Å². The van der Waals surface area contributed by atoms with Gasteiger partial charge in [0.05, 0.1) is 14.7 Å². The van der Waals surface area contributed by atoms with Crippen molar-refractivity contribution in [3.63, 3.8) is 0 Å².